The van der Waals surface area contributed by atoms with E-state index in [-0.39, 0.29) is 0 Å². The number of aromatic nitrogens is 2. The molecule has 0 aromatic carbocycles. The van der Waals surface area contributed by atoms with Crippen LogP contribution < -0.4 is 5.32 Å². The fourth-order valence-electron chi connectivity index (χ4n) is 2.63. The Balaban J connectivity index is 1.94. The second kappa shape index (κ2) is 5.53. The third-order valence-corrected chi connectivity index (χ3v) is 4.86. The molecule has 1 N–H and O–H groups in total. The molecule has 1 aliphatic rings. The van der Waals surface area contributed by atoms with Crippen LogP contribution in [-0.4, -0.2) is 22.4 Å². The van der Waals surface area contributed by atoms with E-state index in [0.29, 0.717) is 6.04 Å². The zero-order chi connectivity index (χ0) is 12.4. The van der Waals surface area contributed by atoms with Crippen LogP contribution in [-0.2, 0) is 0 Å². The fourth-order valence-corrected chi connectivity index (χ4v) is 2.89. The first-order chi connectivity index (χ1) is 8.09. The molecule has 1 unspecified atom stereocenters. The van der Waals surface area contributed by atoms with Gasteiger partial charge in [0.05, 0.1) is 21.9 Å². The van der Waals surface area contributed by atoms with Gasteiger partial charge in [0.2, 0.25) is 0 Å². The predicted octanol–water partition coefficient (Wildman–Crippen LogP) is 3.36. The maximum Gasteiger partial charge on any atom is 0.0738 e. The van der Waals surface area contributed by atoms with E-state index in [4.69, 9.17) is 0 Å². The molecule has 1 aliphatic carbocycles. The standard InChI is InChI=1S/C13H22BrN3/c1-9(8-15-12-6-4-5-7-12)17-11(3)13(14)10(2)16-17/h9,12,15H,4-8H2,1-3H3. The highest BCUT2D eigenvalue weighted by atomic mass is 79.9. The predicted molar refractivity (Wildman–Crippen MR) is 74.4 cm³/mol. The van der Waals surface area contributed by atoms with Crippen molar-refractivity contribution in [1.29, 1.82) is 0 Å². The number of halogens is 1. The Labute approximate surface area is 112 Å². The maximum absolute atomic E-state index is 4.58. The van der Waals surface area contributed by atoms with Gasteiger partial charge in [-0.2, -0.15) is 5.10 Å². The van der Waals surface area contributed by atoms with E-state index < -0.39 is 0 Å². The molecular formula is C13H22BrN3. The van der Waals surface area contributed by atoms with Crippen molar-refractivity contribution in [3.63, 3.8) is 0 Å². The van der Waals surface area contributed by atoms with Crippen LogP contribution in [0.25, 0.3) is 0 Å². The van der Waals surface area contributed by atoms with E-state index in [2.05, 4.69) is 44.9 Å². The average molecular weight is 300 g/mol. The monoisotopic (exact) mass is 299 g/mol. The highest BCUT2D eigenvalue weighted by Crippen LogP contribution is 2.23. The maximum atomic E-state index is 4.58. The van der Waals surface area contributed by atoms with Crippen molar-refractivity contribution in [1.82, 2.24) is 15.1 Å². The third kappa shape index (κ3) is 2.91. The average Bonchev–Trinajstić information content (AvgIpc) is 2.91. The van der Waals surface area contributed by atoms with E-state index in [1.165, 1.54) is 31.4 Å². The van der Waals surface area contributed by atoms with E-state index >= 15 is 0 Å². The summed E-state index contributed by atoms with van der Waals surface area (Å²) in [4.78, 5) is 0. The summed E-state index contributed by atoms with van der Waals surface area (Å²) in [6.07, 6.45) is 5.45. The van der Waals surface area contributed by atoms with E-state index in [9.17, 15) is 0 Å². The molecule has 1 saturated carbocycles. The zero-order valence-electron chi connectivity index (χ0n) is 11.0. The highest BCUT2D eigenvalue weighted by molar-refractivity contribution is 9.10. The molecule has 4 heteroatoms. The molecule has 1 aromatic rings. The molecular weight excluding hydrogens is 278 g/mol. The van der Waals surface area contributed by atoms with Crippen LogP contribution in [0.15, 0.2) is 4.47 Å². The zero-order valence-corrected chi connectivity index (χ0v) is 12.5. The summed E-state index contributed by atoms with van der Waals surface area (Å²) in [5.74, 6) is 0. The van der Waals surface area contributed by atoms with Crippen molar-refractivity contribution in [3.8, 4) is 0 Å². The summed E-state index contributed by atoms with van der Waals surface area (Å²) in [7, 11) is 0. The Morgan fingerprint density at radius 2 is 2.06 bits per heavy atom. The lowest BCUT2D eigenvalue weighted by Gasteiger charge is -2.18. The van der Waals surface area contributed by atoms with Gasteiger partial charge < -0.3 is 5.32 Å². The topological polar surface area (TPSA) is 29.9 Å². The van der Waals surface area contributed by atoms with Gasteiger partial charge in [0.25, 0.3) is 0 Å². The minimum absolute atomic E-state index is 0.417. The normalized spacial score (nSPS) is 18.8. The Kier molecular flexibility index (Phi) is 4.26. The van der Waals surface area contributed by atoms with Gasteiger partial charge in [-0.05, 0) is 49.5 Å². The number of hydrogen-bond donors (Lipinski definition) is 1. The molecule has 0 spiro atoms. The Hall–Kier alpha value is -0.350. The molecule has 1 fully saturated rings. The summed E-state index contributed by atoms with van der Waals surface area (Å²) >= 11 is 3.58. The van der Waals surface area contributed by atoms with E-state index in [1.807, 2.05) is 6.92 Å². The van der Waals surface area contributed by atoms with Crippen molar-refractivity contribution in [3.05, 3.63) is 15.9 Å². The molecule has 2 rings (SSSR count). The van der Waals surface area contributed by atoms with Crippen molar-refractivity contribution in [2.24, 2.45) is 0 Å². The van der Waals surface area contributed by atoms with Gasteiger partial charge >= 0.3 is 0 Å². The number of rotatable bonds is 4. The van der Waals surface area contributed by atoms with Crippen LogP contribution in [0.4, 0.5) is 0 Å². The molecule has 17 heavy (non-hydrogen) atoms. The number of nitrogens with one attached hydrogen (secondary N) is 1. The van der Waals surface area contributed by atoms with Gasteiger partial charge in [-0.15, -0.1) is 0 Å². The molecule has 3 nitrogen and oxygen atoms in total. The van der Waals surface area contributed by atoms with E-state index in [1.54, 1.807) is 0 Å². The summed E-state index contributed by atoms with van der Waals surface area (Å²) in [5.41, 5.74) is 2.30. The lowest BCUT2D eigenvalue weighted by atomic mass is 10.2. The van der Waals surface area contributed by atoms with Crippen LogP contribution in [0.3, 0.4) is 0 Å². The highest BCUT2D eigenvalue weighted by Gasteiger charge is 2.17. The largest absolute Gasteiger partial charge is 0.312 e. The summed E-state index contributed by atoms with van der Waals surface area (Å²) in [5, 5.41) is 8.24. The Morgan fingerprint density at radius 3 is 2.59 bits per heavy atom. The first-order valence-electron chi connectivity index (χ1n) is 6.54. The number of aryl methyl sites for hydroxylation is 1. The van der Waals surface area contributed by atoms with Crippen molar-refractivity contribution in [2.75, 3.05) is 6.54 Å². The van der Waals surface area contributed by atoms with Crippen molar-refractivity contribution >= 4 is 15.9 Å². The van der Waals surface area contributed by atoms with Crippen LogP contribution in [0.5, 0.6) is 0 Å². The lowest BCUT2D eigenvalue weighted by molar-refractivity contribution is 0.409. The summed E-state index contributed by atoms with van der Waals surface area (Å²) < 4.78 is 3.27. The fraction of sp³-hybridized carbons (Fsp3) is 0.769. The molecule has 1 heterocycles. The molecule has 1 atom stereocenters. The van der Waals surface area contributed by atoms with Crippen molar-refractivity contribution < 1.29 is 0 Å². The molecule has 96 valence electrons. The summed E-state index contributed by atoms with van der Waals surface area (Å²) in [6.45, 7) is 7.41. The second-order valence-corrected chi connectivity index (χ2v) is 5.96. The minimum atomic E-state index is 0.417. The van der Waals surface area contributed by atoms with Crippen molar-refractivity contribution in [2.45, 2.75) is 58.5 Å². The SMILES string of the molecule is Cc1nn(C(C)CNC2CCCC2)c(C)c1Br. The second-order valence-electron chi connectivity index (χ2n) is 5.17. The first kappa shape index (κ1) is 13.1. The van der Waals surface area contributed by atoms with Gasteiger partial charge in [-0.3, -0.25) is 4.68 Å². The van der Waals surface area contributed by atoms with Gasteiger partial charge in [0.15, 0.2) is 0 Å². The van der Waals surface area contributed by atoms with Gasteiger partial charge in [0.1, 0.15) is 0 Å². The van der Waals surface area contributed by atoms with Gasteiger partial charge in [-0.1, -0.05) is 12.8 Å². The van der Waals surface area contributed by atoms with Crippen LogP contribution in [0.2, 0.25) is 0 Å². The van der Waals surface area contributed by atoms with Crippen LogP contribution in [0, 0.1) is 13.8 Å². The smallest absolute Gasteiger partial charge is 0.0738 e. The van der Waals surface area contributed by atoms with Gasteiger partial charge in [-0.25, -0.2) is 0 Å². The van der Waals surface area contributed by atoms with Crippen LogP contribution >= 0.6 is 15.9 Å². The number of hydrogen-bond acceptors (Lipinski definition) is 2. The lowest BCUT2D eigenvalue weighted by Crippen LogP contribution is -2.32. The van der Waals surface area contributed by atoms with E-state index in [0.717, 1.165) is 22.8 Å². The Morgan fingerprint density at radius 1 is 1.41 bits per heavy atom. The quantitative estimate of drug-likeness (QED) is 0.924. The molecule has 1 aromatic heterocycles. The van der Waals surface area contributed by atoms with Crippen LogP contribution in [0.1, 0.15) is 50.0 Å². The minimum Gasteiger partial charge on any atom is -0.312 e. The summed E-state index contributed by atoms with van der Waals surface area (Å²) in [6, 6.07) is 1.15. The molecule has 0 bridgehead atoms. The molecule has 0 radical (unpaired) electrons. The first-order valence-corrected chi connectivity index (χ1v) is 7.33. The molecule has 0 aliphatic heterocycles. The molecule has 0 saturated heterocycles. The number of nitrogens with zero attached hydrogens (tertiary/aromatic N) is 2. The van der Waals surface area contributed by atoms with Gasteiger partial charge in [0, 0.05) is 12.6 Å². The Bertz CT molecular complexity index is 380. The third-order valence-electron chi connectivity index (χ3n) is 3.71. The molecule has 0 amide bonds.